The van der Waals surface area contributed by atoms with Gasteiger partial charge in [0.1, 0.15) is 0 Å². The minimum atomic E-state index is 0.486. The van der Waals surface area contributed by atoms with Crippen molar-refractivity contribution in [3.8, 4) is 0 Å². The van der Waals surface area contributed by atoms with Crippen LogP contribution in [0.4, 0.5) is 0 Å². The van der Waals surface area contributed by atoms with Crippen molar-refractivity contribution in [2.75, 3.05) is 0 Å². The average Bonchev–Trinajstić information content (AvgIpc) is 2.97. The van der Waals surface area contributed by atoms with Gasteiger partial charge in [-0.15, -0.1) is 11.3 Å². The van der Waals surface area contributed by atoms with Crippen molar-refractivity contribution >= 4 is 11.3 Å². The van der Waals surface area contributed by atoms with E-state index in [-0.39, 0.29) is 0 Å². The van der Waals surface area contributed by atoms with Crippen LogP contribution in [0, 0.1) is 0 Å². The molecule has 0 aliphatic rings. The summed E-state index contributed by atoms with van der Waals surface area (Å²) in [5, 5.41) is 9.20. The molecule has 1 atom stereocenters. The molecule has 3 heteroatoms. The third kappa shape index (κ3) is 6.00. The van der Waals surface area contributed by atoms with Crippen molar-refractivity contribution in [3.05, 3.63) is 57.8 Å². The zero-order valence-electron chi connectivity index (χ0n) is 13.2. The van der Waals surface area contributed by atoms with Gasteiger partial charge >= 0.3 is 0 Å². The molecule has 1 unspecified atom stereocenters. The van der Waals surface area contributed by atoms with Crippen molar-refractivity contribution in [3.63, 3.8) is 0 Å². The smallest absolute Gasteiger partial charge is 0.0302 e. The van der Waals surface area contributed by atoms with Crippen molar-refractivity contribution < 1.29 is 0 Å². The molecule has 0 amide bonds. The van der Waals surface area contributed by atoms with Crippen molar-refractivity contribution in [1.82, 2.24) is 10.6 Å². The zero-order chi connectivity index (χ0) is 15.1. The highest BCUT2D eigenvalue weighted by atomic mass is 32.1. The summed E-state index contributed by atoms with van der Waals surface area (Å²) in [4.78, 5) is 1.40. The Balaban J connectivity index is 1.82. The molecule has 0 aliphatic carbocycles. The van der Waals surface area contributed by atoms with Crippen LogP contribution in [0.5, 0.6) is 0 Å². The fourth-order valence-corrected chi connectivity index (χ4v) is 2.96. The van der Waals surface area contributed by atoms with Gasteiger partial charge in [0.2, 0.25) is 0 Å². The molecule has 21 heavy (non-hydrogen) atoms. The lowest BCUT2D eigenvalue weighted by atomic mass is 10.0. The summed E-state index contributed by atoms with van der Waals surface area (Å²) in [5.74, 6) is 0. The summed E-state index contributed by atoms with van der Waals surface area (Å²) >= 11 is 1.81. The van der Waals surface area contributed by atoms with Gasteiger partial charge in [0.05, 0.1) is 0 Å². The van der Waals surface area contributed by atoms with Crippen molar-refractivity contribution in [2.24, 2.45) is 0 Å². The molecule has 1 heterocycles. The Morgan fingerprint density at radius 3 is 2.48 bits per heavy atom. The van der Waals surface area contributed by atoms with Gasteiger partial charge in [-0.25, -0.2) is 0 Å². The maximum atomic E-state index is 3.60. The summed E-state index contributed by atoms with van der Waals surface area (Å²) in [5.41, 5.74) is 2.77. The highest BCUT2D eigenvalue weighted by Gasteiger charge is 2.05. The van der Waals surface area contributed by atoms with Gasteiger partial charge in [-0.3, -0.25) is 0 Å². The van der Waals surface area contributed by atoms with Crippen LogP contribution in [0.1, 0.15) is 36.8 Å². The predicted molar refractivity (Wildman–Crippen MR) is 92.7 cm³/mol. The first-order valence-corrected chi connectivity index (χ1v) is 8.58. The molecule has 0 saturated carbocycles. The van der Waals surface area contributed by atoms with Crippen LogP contribution in [0.3, 0.4) is 0 Å². The molecule has 0 bridgehead atoms. The van der Waals surface area contributed by atoms with E-state index in [1.165, 1.54) is 16.0 Å². The van der Waals surface area contributed by atoms with E-state index in [1.807, 2.05) is 11.3 Å². The molecular weight excluding hydrogens is 276 g/mol. The third-order valence-electron chi connectivity index (χ3n) is 3.45. The molecule has 0 saturated heterocycles. The summed E-state index contributed by atoms with van der Waals surface area (Å²) < 4.78 is 0. The lowest BCUT2D eigenvalue weighted by Gasteiger charge is -2.14. The van der Waals surface area contributed by atoms with E-state index >= 15 is 0 Å². The lowest BCUT2D eigenvalue weighted by Crippen LogP contribution is -2.27. The number of nitrogens with one attached hydrogen (secondary N) is 2. The van der Waals surface area contributed by atoms with E-state index in [1.54, 1.807) is 0 Å². The van der Waals surface area contributed by atoms with Crippen LogP contribution in [-0.2, 0) is 19.5 Å². The second-order valence-corrected chi connectivity index (χ2v) is 6.95. The molecule has 114 valence electrons. The van der Waals surface area contributed by atoms with Gasteiger partial charge in [0, 0.05) is 30.1 Å². The second-order valence-electron chi connectivity index (χ2n) is 5.92. The number of rotatable bonds is 8. The molecular formula is C18H26N2S. The first kappa shape index (κ1) is 16.2. The minimum absolute atomic E-state index is 0.486. The van der Waals surface area contributed by atoms with E-state index in [4.69, 9.17) is 0 Å². The Morgan fingerprint density at radius 2 is 1.76 bits per heavy atom. The van der Waals surface area contributed by atoms with Gasteiger partial charge in [-0.2, -0.15) is 0 Å². The van der Waals surface area contributed by atoms with Crippen LogP contribution in [0.15, 0.2) is 41.8 Å². The minimum Gasteiger partial charge on any atom is -0.310 e. The maximum absolute atomic E-state index is 3.60. The van der Waals surface area contributed by atoms with Gasteiger partial charge in [0.15, 0.2) is 0 Å². The number of thiophene rings is 1. The fraction of sp³-hybridized carbons (Fsp3) is 0.444. The molecule has 1 aromatic carbocycles. The van der Waals surface area contributed by atoms with E-state index in [9.17, 15) is 0 Å². The SMILES string of the molecule is CC(C)NCc1cccc(CC(C)NCc2cccs2)c1. The van der Waals surface area contributed by atoms with Crippen LogP contribution < -0.4 is 10.6 Å². The van der Waals surface area contributed by atoms with Crippen molar-refractivity contribution in [2.45, 2.75) is 52.4 Å². The van der Waals surface area contributed by atoms with Gasteiger partial charge in [0.25, 0.3) is 0 Å². The van der Waals surface area contributed by atoms with Gasteiger partial charge in [-0.1, -0.05) is 44.2 Å². The number of hydrogen-bond donors (Lipinski definition) is 2. The Hall–Kier alpha value is -1.16. The first-order chi connectivity index (χ1) is 10.1. The van der Waals surface area contributed by atoms with Crippen LogP contribution in [0.2, 0.25) is 0 Å². The predicted octanol–water partition coefficient (Wildman–Crippen LogP) is 3.97. The lowest BCUT2D eigenvalue weighted by molar-refractivity contribution is 0.548. The molecule has 0 aliphatic heterocycles. The second kappa shape index (κ2) is 8.32. The molecule has 2 rings (SSSR count). The summed E-state index contributed by atoms with van der Waals surface area (Å²) in [6.07, 6.45) is 1.07. The monoisotopic (exact) mass is 302 g/mol. The third-order valence-corrected chi connectivity index (χ3v) is 4.33. The highest BCUT2D eigenvalue weighted by Crippen LogP contribution is 2.11. The van der Waals surface area contributed by atoms with Gasteiger partial charge in [-0.05, 0) is 35.9 Å². The van der Waals surface area contributed by atoms with Crippen LogP contribution >= 0.6 is 11.3 Å². The Bertz CT molecular complexity index is 520. The Kier molecular flexibility index (Phi) is 6.43. The molecule has 2 nitrogen and oxygen atoms in total. The van der Waals surface area contributed by atoms with E-state index in [0.29, 0.717) is 12.1 Å². The van der Waals surface area contributed by atoms with E-state index < -0.39 is 0 Å². The molecule has 2 aromatic rings. The zero-order valence-corrected chi connectivity index (χ0v) is 14.0. The largest absolute Gasteiger partial charge is 0.310 e. The molecule has 0 radical (unpaired) electrons. The van der Waals surface area contributed by atoms with Crippen LogP contribution in [0.25, 0.3) is 0 Å². The molecule has 0 fully saturated rings. The number of benzene rings is 1. The highest BCUT2D eigenvalue weighted by molar-refractivity contribution is 7.09. The van der Waals surface area contributed by atoms with Crippen LogP contribution in [-0.4, -0.2) is 12.1 Å². The standard InChI is InChI=1S/C18H26N2S/c1-14(2)19-12-17-7-4-6-16(11-17)10-15(3)20-13-18-8-5-9-21-18/h4-9,11,14-15,19-20H,10,12-13H2,1-3H3. The van der Waals surface area contributed by atoms with Gasteiger partial charge < -0.3 is 10.6 Å². The quantitative estimate of drug-likeness (QED) is 0.771. The Labute approximate surface area is 132 Å². The summed E-state index contributed by atoms with van der Waals surface area (Å²) in [7, 11) is 0. The normalized spacial score (nSPS) is 12.8. The average molecular weight is 302 g/mol. The maximum Gasteiger partial charge on any atom is 0.0302 e. The first-order valence-electron chi connectivity index (χ1n) is 7.70. The summed E-state index contributed by atoms with van der Waals surface area (Å²) in [6, 6.07) is 14.2. The molecule has 1 aromatic heterocycles. The van der Waals surface area contributed by atoms with Crippen molar-refractivity contribution in [1.29, 1.82) is 0 Å². The van der Waals surface area contributed by atoms with E-state index in [2.05, 4.69) is 73.2 Å². The number of hydrogen-bond acceptors (Lipinski definition) is 3. The molecule has 2 N–H and O–H groups in total. The molecule has 0 spiro atoms. The fourth-order valence-electron chi connectivity index (χ4n) is 2.30. The summed E-state index contributed by atoms with van der Waals surface area (Å²) in [6.45, 7) is 8.53. The topological polar surface area (TPSA) is 24.1 Å². The Morgan fingerprint density at radius 1 is 0.952 bits per heavy atom. The van der Waals surface area contributed by atoms with E-state index in [0.717, 1.165) is 19.5 Å².